The van der Waals surface area contributed by atoms with Gasteiger partial charge in [-0.2, -0.15) is 0 Å². The van der Waals surface area contributed by atoms with Crippen molar-refractivity contribution in [2.75, 3.05) is 0 Å². The van der Waals surface area contributed by atoms with Crippen LogP contribution in [0.15, 0.2) is 12.2 Å². The molecule has 0 rings (SSSR count). The van der Waals surface area contributed by atoms with Crippen molar-refractivity contribution in [3.8, 4) is 0 Å². The van der Waals surface area contributed by atoms with Gasteiger partial charge in [0.15, 0.2) is 0 Å². The van der Waals surface area contributed by atoms with Crippen molar-refractivity contribution in [3.05, 3.63) is 12.2 Å². The van der Waals surface area contributed by atoms with E-state index in [4.69, 9.17) is 9.84 Å². The molecule has 0 heterocycles. The molecule has 0 aromatic rings. The Balaban J connectivity index is 4.04. The molecule has 0 aliphatic rings. The topological polar surface area (TPSA) is 63.6 Å². The van der Waals surface area contributed by atoms with Gasteiger partial charge in [0.25, 0.3) is 0 Å². The van der Waals surface area contributed by atoms with Crippen molar-refractivity contribution in [2.45, 2.75) is 142 Å². The Morgan fingerprint density at radius 2 is 1.00 bits per heavy atom. The molecule has 0 saturated heterocycles. The maximum absolute atomic E-state index is 11.9. The predicted octanol–water partition coefficient (Wildman–Crippen LogP) is 7.99. The molecule has 0 saturated carbocycles. The number of hydrogen-bond donors (Lipinski definition) is 1. The van der Waals surface area contributed by atoms with Gasteiger partial charge < -0.3 is 9.84 Å². The molecule has 0 bridgehead atoms. The normalized spacial score (nSPS) is 12.3. The van der Waals surface area contributed by atoms with Crippen molar-refractivity contribution >= 4 is 11.9 Å². The van der Waals surface area contributed by atoms with E-state index in [2.05, 4.69) is 13.8 Å². The van der Waals surface area contributed by atoms with Crippen molar-refractivity contribution < 1.29 is 19.4 Å². The lowest BCUT2D eigenvalue weighted by Gasteiger charge is -2.17. The highest BCUT2D eigenvalue weighted by Crippen LogP contribution is 2.18. The number of esters is 1. The summed E-state index contributed by atoms with van der Waals surface area (Å²) in [6.45, 7) is 4.48. The van der Waals surface area contributed by atoms with E-state index in [1.807, 2.05) is 0 Å². The molecule has 0 aromatic heterocycles. The standard InChI is InChI=1S/C26H48O4/c1-3-5-7-9-11-13-15-17-19-21-24(30-26(29)23-22-25(27)28)20-18-16-14-12-10-8-6-4-2/h22-24H,3-21H2,1-2H3,(H,27,28). The molecule has 0 aliphatic heterocycles. The molecular formula is C26H48O4. The summed E-state index contributed by atoms with van der Waals surface area (Å²) in [4.78, 5) is 22.5. The minimum atomic E-state index is -1.12. The van der Waals surface area contributed by atoms with Gasteiger partial charge >= 0.3 is 11.9 Å². The fourth-order valence-corrected chi connectivity index (χ4v) is 3.79. The molecule has 4 heteroatoms. The number of rotatable bonds is 22. The van der Waals surface area contributed by atoms with Gasteiger partial charge in [-0.1, -0.05) is 110 Å². The molecule has 176 valence electrons. The lowest BCUT2D eigenvalue weighted by atomic mass is 10.0. The number of hydrogen-bond acceptors (Lipinski definition) is 3. The summed E-state index contributed by atoms with van der Waals surface area (Å²) in [6.07, 6.45) is 25.2. The number of carboxylic acid groups (broad SMARTS) is 1. The van der Waals surface area contributed by atoms with Crippen LogP contribution in [-0.2, 0) is 14.3 Å². The molecule has 1 atom stereocenters. The van der Waals surface area contributed by atoms with E-state index < -0.39 is 11.9 Å². The number of unbranched alkanes of at least 4 members (excludes halogenated alkanes) is 15. The first-order chi connectivity index (χ1) is 14.6. The average molecular weight is 425 g/mol. The van der Waals surface area contributed by atoms with Gasteiger partial charge in [-0.25, -0.2) is 9.59 Å². The van der Waals surface area contributed by atoms with Gasteiger partial charge in [-0.05, 0) is 25.7 Å². The Kier molecular flexibility index (Phi) is 21.4. The van der Waals surface area contributed by atoms with Crippen LogP contribution in [-0.4, -0.2) is 23.1 Å². The number of carboxylic acids is 1. The fourth-order valence-electron chi connectivity index (χ4n) is 3.79. The molecule has 1 unspecified atom stereocenters. The second-order valence-corrected chi connectivity index (χ2v) is 8.61. The number of aliphatic carboxylic acids is 1. The van der Waals surface area contributed by atoms with Crippen LogP contribution in [0.25, 0.3) is 0 Å². The highest BCUT2D eigenvalue weighted by Gasteiger charge is 2.13. The van der Waals surface area contributed by atoms with Crippen molar-refractivity contribution in [1.82, 2.24) is 0 Å². The molecule has 0 amide bonds. The van der Waals surface area contributed by atoms with Crippen molar-refractivity contribution in [2.24, 2.45) is 0 Å². The van der Waals surface area contributed by atoms with Crippen LogP contribution >= 0.6 is 0 Å². The Hall–Kier alpha value is -1.32. The molecule has 30 heavy (non-hydrogen) atoms. The molecule has 0 spiro atoms. The van der Waals surface area contributed by atoms with E-state index in [0.29, 0.717) is 0 Å². The maximum Gasteiger partial charge on any atom is 0.331 e. The lowest BCUT2D eigenvalue weighted by Crippen LogP contribution is -2.17. The van der Waals surface area contributed by atoms with E-state index in [0.717, 1.165) is 37.8 Å². The van der Waals surface area contributed by atoms with Crippen molar-refractivity contribution in [1.29, 1.82) is 0 Å². The minimum absolute atomic E-state index is 0.0828. The highest BCUT2D eigenvalue weighted by molar-refractivity contribution is 5.90. The first-order valence-electron chi connectivity index (χ1n) is 12.7. The van der Waals surface area contributed by atoms with Gasteiger partial charge in [0, 0.05) is 12.2 Å². The first-order valence-corrected chi connectivity index (χ1v) is 12.7. The van der Waals surface area contributed by atoms with Crippen LogP contribution in [0.2, 0.25) is 0 Å². The summed E-state index contributed by atoms with van der Waals surface area (Å²) in [7, 11) is 0. The summed E-state index contributed by atoms with van der Waals surface area (Å²) in [5.74, 6) is -1.65. The van der Waals surface area contributed by atoms with Crippen LogP contribution in [0.4, 0.5) is 0 Å². The van der Waals surface area contributed by atoms with E-state index >= 15 is 0 Å². The summed E-state index contributed by atoms with van der Waals surface area (Å²) in [5, 5.41) is 8.67. The summed E-state index contributed by atoms with van der Waals surface area (Å²) < 4.78 is 5.54. The molecule has 1 N–H and O–H groups in total. The third kappa shape index (κ3) is 21.4. The second kappa shape index (κ2) is 22.4. The molecular weight excluding hydrogens is 376 g/mol. The van der Waals surface area contributed by atoms with Gasteiger partial charge in [-0.15, -0.1) is 0 Å². The zero-order chi connectivity index (χ0) is 22.3. The average Bonchev–Trinajstić information content (AvgIpc) is 2.72. The Labute approximate surface area is 185 Å². The molecule has 0 radical (unpaired) electrons. The Morgan fingerprint density at radius 1 is 0.633 bits per heavy atom. The van der Waals surface area contributed by atoms with Gasteiger partial charge in [0.1, 0.15) is 6.10 Å². The number of ether oxygens (including phenoxy) is 1. The van der Waals surface area contributed by atoms with Crippen LogP contribution in [0, 0.1) is 0 Å². The Morgan fingerprint density at radius 3 is 1.37 bits per heavy atom. The SMILES string of the molecule is CCCCCCCCCCCC(CCCCCCCCCC)OC(=O)C=CC(=O)O. The van der Waals surface area contributed by atoms with Gasteiger partial charge in [-0.3, -0.25) is 0 Å². The molecule has 4 nitrogen and oxygen atoms in total. The lowest BCUT2D eigenvalue weighted by molar-refractivity contribution is -0.144. The smallest absolute Gasteiger partial charge is 0.331 e. The van der Waals surface area contributed by atoms with E-state index in [9.17, 15) is 9.59 Å². The van der Waals surface area contributed by atoms with E-state index in [-0.39, 0.29) is 6.10 Å². The van der Waals surface area contributed by atoms with Crippen LogP contribution in [0.1, 0.15) is 136 Å². The largest absolute Gasteiger partial charge is 0.478 e. The van der Waals surface area contributed by atoms with Gasteiger partial charge in [0.05, 0.1) is 0 Å². The van der Waals surface area contributed by atoms with Crippen LogP contribution in [0.3, 0.4) is 0 Å². The summed E-state index contributed by atoms with van der Waals surface area (Å²) >= 11 is 0. The van der Waals surface area contributed by atoms with Gasteiger partial charge in [0.2, 0.25) is 0 Å². The van der Waals surface area contributed by atoms with E-state index in [1.54, 1.807) is 0 Å². The van der Waals surface area contributed by atoms with Crippen molar-refractivity contribution in [3.63, 3.8) is 0 Å². The summed E-state index contributed by atoms with van der Waals surface area (Å²) in [5.41, 5.74) is 0. The second-order valence-electron chi connectivity index (χ2n) is 8.61. The third-order valence-corrected chi connectivity index (χ3v) is 5.65. The number of carbonyl (C=O) groups is 2. The first kappa shape index (κ1) is 28.7. The van der Waals surface area contributed by atoms with Crippen LogP contribution < -0.4 is 0 Å². The minimum Gasteiger partial charge on any atom is -0.478 e. The molecule has 0 aromatic carbocycles. The third-order valence-electron chi connectivity index (χ3n) is 5.65. The zero-order valence-electron chi connectivity index (χ0n) is 19.8. The predicted molar refractivity (Wildman–Crippen MR) is 126 cm³/mol. The quantitative estimate of drug-likeness (QED) is 0.109. The van der Waals surface area contributed by atoms with Crippen LogP contribution in [0.5, 0.6) is 0 Å². The summed E-state index contributed by atoms with van der Waals surface area (Å²) in [6, 6.07) is 0. The maximum atomic E-state index is 11.9. The molecule has 0 fully saturated rings. The Bertz CT molecular complexity index is 431. The van der Waals surface area contributed by atoms with E-state index in [1.165, 1.54) is 96.3 Å². The monoisotopic (exact) mass is 424 g/mol. The molecule has 0 aliphatic carbocycles. The number of carbonyl (C=O) groups excluding carboxylic acids is 1. The zero-order valence-corrected chi connectivity index (χ0v) is 19.8. The highest BCUT2D eigenvalue weighted by atomic mass is 16.5. The fraction of sp³-hybridized carbons (Fsp3) is 0.846.